The van der Waals surface area contributed by atoms with Gasteiger partial charge in [-0.15, -0.1) is 0 Å². The number of hydrogen-bond acceptors (Lipinski definition) is 0. The molecule has 0 aromatic heterocycles. The first kappa shape index (κ1) is 22.8. The van der Waals surface area contributed by atoms with E-state index < -0.39 is 0 Å². The highest BCUT2D eigenvalue weighted by Gasteiger charge is 2.70. The molecule has 5 fully saturated rings. The molecule has 7 unspecified atom stereocenters. The SMILES string of the molecule is CC[C@@H](C)[C@@H]1CC[C@@]2(C)C1CCC1(C)C2CCC2C3(C)CCCC(C)(C)C3CCC21C. The van der Waals surface area contributed by atoms with Crippen LogP contribution < -0.4 is 0 Å². The molecule has 0 amide bonds. The second-order valence-corrected chi connectivity index (χ2v) is 15.2. The fourth-order valence-electron chi connectivity index (χ4n) is 12.3. The molecule has 5 aliphatic carbocycles. The number of fused-ring (bicyclic) bond motifs is 7. The topological polar surface area (TPSA) is 0 Å². The summed E-state index contributed by atoms with van der Waals surface area (Å²) < 4.78 is 0. The molecule has 0 radical (unpaired) electrons. The predicted octanol–water partition coefficient (Wildman–Crippen LogP) is 9.52. The van der Waals surface area contributed by atoms with Crippen LogP contribution in [0.5, 0.6) is 0 Å². The van der Waals surface area contributed by atoms with Crippen molar-refractivity contribution < 1.29 is 0 Å². The van der Waals surface area contributed by atoms with Gasteiger partial charge < -0.3 is 0 Å². The predicted molar refractivity (Wildman–Crippen MR) is 134 cm³/mol. The van der Waals surface area contributed by atoms with Crippen LogP contribution in [0.25, 0.3) is 0 Å². The highest BCUT2D eigenvalue weighted by Crippen LogP contribution is 2.78. The van der Waals surface area contributed by atoms with E-state index in [4.69, 9.17) is 0 Å². The Kier molecular flexibility index (Phi) is 5.15. The van der Waals surface area contributed by atoms with Crippen molar-refractivity contribution in [1.82, 2.24) is 0 Å². The van der Waals surface area contributed by atoms with Gasteiger partial charge in [-0.2, -0.15) is 0 Å². The van der Waals surface area contributed by atoms with Gasteiger partial charge in [-0.25, -0.2) is 0 Å². The summed E-state index contributed by atoms with van der Waals surface area (Å²) >= 11 is 0. The van der Waals surface area contributed by atoms with Gasteiger partial charge in [0.25, 0.3) is 0 Å². The van der Waals surface area contributed by atoms with Crippen molar-refractivity contribution in [2.75, 3.05) is 0 Å². The molecule has 5 saturated carbocycles. The molecule has 0 nitrogen and oxygen atoms in total. The zero-order valence-electron chi connectivity index (χ0n) is 22.4. The molecule has 31 heavy (non-hydrogen) atoms. The van der Waals surface area contributed by atoms with Gasteiger partial charge in [0.1, 0.15) is 0 Å². The first-order valence-corrected chi connectivity index (χ1v) is 14.4. The lowest BCUT2D eigenvalue weighted by Gasteiger charge is -2.73. The van der Waals surface area contributed by atoms with Crippen LogP contribution in [-0.4, -0.2) is 0 Å². The van der Waals surface area contributed by atoms with E-state index in [9.17, 15) is 0 Å². The van der Waals surface area contributed by atoms with E-state index in [0.717, 1.165) is 35.5 Å². The fourth-order valence-corrected chi connectivity index (χ4v) is 12.3. The van der Waals surface area contributed by atoms with Crippen LogP contribution in [0.1, 0.15) is 132 Å². The third kappa shape index (κ3) is 2.78. The van der Waals surface area contributed by atoms with Crippen molar-refractivity contribution in [2.45, 2.75) is 132 Å². The van der Waals surface area contributed by atoms with E-state index in [0.29, 0.717) is 27.1 Å². The van der Waals surface area contributed by atoms with Crippen molar-refractivity contribution in [3.05, 3.63) is 0 Å². The molecule has 0 aliphatic heterocycles. The highest BCUT2D eigenvalue weighted by molar-refractivity contribution is 5.19. The minimum absolute atomic E-state index is 0.560. The first-order valence-electron chi connectivity index (χ1n) is 14.4. The number of hydrogen-bond donors (Lipinski definition) is 0. The van der Waals surface area contributed by atoms with Crippen molar-refractivity contribution >= 4 is 0 Å². The van der Waals surface area contributed by atoms with Crippen LogP contribution in [0.3, 0.4) is 0 Å². The van der Waals surface area contributed by atoms with Gasteiger partial charge in [-0.05, 0) is 127 Å². The monoisotopic (exact) mass is 426 g/mol. The molecule has 0 heterocycles. The van der Waals surface area contributed by atoms with Gasteiger partial charge in [0.2, 0.25) is 0 Å². The smallest absolute Gasteiger partial charge is 0.0235 e. The summed E-state index contributed by atoms with van der Waals surface area (Å²) in [4.78, 5) is 0. The van der Waals surface area contributed by atoms with Crippen molar-refractivity contribution in [3.8, 4) is 0 Å². The highest BCUT2D eigenvalue weighted by atomic mass is 14.7. The lowest BCUT2D eigenvalue weighted by molar-refractivity contribution is -0.241. The lowest BCUT2D eigenvalue weighted by atomic mass is 9.32. The molecule has 0 spiro atoms. The van der Waals surface area contributed by atoms with Gasteiger partial charge in [-0.1, -0.05) is 68.2 Å². The van der Waals surface area contributed by atoms with Crippen LogP contribution >= 0.6 is 0 Å². The standard InChI is InChI=1S/C31H54/c1-9-21(2)22-13-18-28(5)23(22)14-19-30(7)25(28)11-12-26-29(6)17-10-16-27(3,4)24(29)15-20-31(26,30)8/h21-26H,9-20H2,1-8H3/t21-,22+,23?,24?,25?,26?,28+,29?,30?,31?/m1/s1. The molecule has 0 N–H and O–H groups in total. The summed E-state index contributed by atoms with van der Waals surface area (Å²) in [5.74, 6) is 5.86. The summed E-state index contributed by atoms with van der Waals surface area (Å²) in [5.41, 5.74) is 2.91. The third-order valence-electron chi connectivity index (χ3n) is 14.1. The summed E-state index contributed by atoms with van der Waals surface area (Å²) in [6, 6.07) is 0. The largest absolute Gasteiger partial charge is 0.0651 e. The molecule has 5 aliphatic rings. The average Bonchev–Trinajstić information content (AvgIpc) is 3.04. The Morgan fingerprint density at radius 3 is 1.90 bits per heavy atom. The van der Waals surface area contributed by atoms with E-state index in [1.165, 1.54) is 70.6 Å². The summed E-state index contributed by atoms with van der Waals surface area (Å²) in [6.07, 6.45) is 18.1. The maximum Gasteiger partial charge on any atom is -0.0235 e. The molecule has 5 rings (SSSR count). The second kappa shape index (κ2) is 7.01. The second-order valence-electron chi connectivity index (χ2n) is 15.2. The van der Waals surface area contributed by atoms with E-state index in [-0.39, 0.29) is 0 Å². The van der Waals surface area contributed by atoms with Gasteiger partial charge >= 0.3 is 0 Å². The Labute approximate surface area is 195 Å². The Bertz CT molecular complexity index is 705. The maximum atomic E-state index is 2.82. The zero-order valence-corrected chi connectivity index (χ0v) is 22.4. The number of rotatable bonds is 2. The van der Waals surface area contributed by atoms with E-state index in [2.05, 4.69) is 55.4 Å². The van der Waals surface area contributed by atoms with Crippen LogP contribution in [-0.2, 0) is 0 Å². The minimum atomic E-state index is 0.560. The Morgan fingerprint density at radius 2 is 1.26 bits per heavy atom. The van der Waals surface area contributed by atoms with Crippen LogP contribution in [0.15, 0.2) is 0 Å². The van der Waals surface area contributed by atoms with Crippen molar-refractivity contribution in [2.24, 2.45) is 62.6 Å². The molecule has 0 aromatic rings. The molecule has 10 atom stereocenters. The lowest BCUT2D eigenvalue weighted by Crippen LogP contribution is -2.65. The molecular formula is C31H54. The molecule has 0 bridgehead atoms. The van der Waals surface area contributed by atoms with Crippen molar-refractivity contribution in [1.29, 1.82) is 0 Å². The summed E-state index contributed by atoms with van der Waals surface area (Å²) in [6.45, 7) is 21.4. The van der Waals surface area contributed by atoms with Gasteiger partial charge in [0.15, 0.2) is 0 Å². The summed E-state index contributed by atoms with van der Waals surface area (Å²) in [7, 11) is 0. The van der Waals surface area contributed by atoms with E-state index >= 15 is 0 Å². The van der Waals surface area contributed by atoms with Gasteiger partial charge in [0.05, 0.1) is 0 Å². The normalized spacial score (nSPS) is 56.7. The summed E-state index contributed by atoms with van der Waals surface area (Å²) in [5, 5.41) is 0. The van der Waals surface area contributed by atoms with Gasteiger partial charge in [-0.3, -0.25) is 0 Å². The maximum absolute atomic E-state index is 2.82. The molecule has 0 heteroatoms. The van der Waals surface area contributed by atoms with Crippen molar-refractivity contribution in [3.63, 3.8) is 0 Å². The van der Waals surface area contributed by atoms with E-state index in [1.807, 2.05) is 0 Å². The van der Waals surface area contributed by atoms with E-state index in [1.54, 1.807) is 6.42 Å². The molecule has 0 saturated heterocycles. The zero-order chi connectivity index (χ0) is 22.4. The Morgan fingerprint density at radius 1 is 0.645 bits per heavy atom. The van der Waals surface area contributed by atoms with Gasteiger partial charge in [0, 0.05) is 0 Å². The Hall–Kier alpha value is 0. The third-order valence-corrected chi connectivity index (χ3v) is 14.1. The Balaban J connectivity index is 1.50. The molecule has 178 valence electrons. The molecule has 0 aromatic carbocycles. The fraction of sp³-hybridized carbons (Fsp3) is 1.00. The minimum Gasteiger partial charge on any atom is -0.0651 e. The molecular weight excluding hydrogens is 372 g/mol. The van der Waals surface area contributed by atoms with Crippen LogP contribution in [0.2, 0.25) is 0 Å². The first-order chi connectivity index (χ1) is 14.4. The van der Waals surface area contributed by atoms with Crippen LogP contribution in [0.4, 0.5) is 0 Å². The average molecular weight is 427 g/mol. The van der Waals surface area contributed by atoms with Crippen LogP contribution in [0, 0.1) is 62.6 Å². The quantitative estimate of drug-likeness (QED) is 0.412.